The fourth-order valence-electron chi connectivity index (χ4n) is 4.32. The Kier molecular flexibility index (Phi) is 15.8. The van der Waals surface area contributed by atoms with Gasteiger partial charge in [0.25, 0.3) is 0 Å². The van der Waals surface area contributed by atoms with Crippen molar-refractivity contribution < 1.29 is 23.8 Å². The molecule has 0 aromatic heterocycles. The molecule has 0 heterocycles. The minimum atomic E-state index is -1.60. The highest BCUT2D eigenvalue weighted by Crippen LogP contribution is 2.29. The number of carboxylic acids is 1. The van der Waals surface area contributed by atoms with Gasteiger partial charge in [-0.2, -0.15) is 0 Å². The summed E-state index contributed by atoms with van der Waals surface area (Å²) in [6.45, 7) is 1.17. The summed E-state index contributed by atoms with van der Waals surface area (Å²) in [5.74, 6) is -1.05. The smallest absolute Gasteiger partial charge is 0.335 e. The minimum Gasteiger partial charge on any atom is -0.508 e. The number of halogens is 2. The van der Waals surface area contributed by atoms with E-state index in [1.807, 2.05) is 0 Å². The Balaban J connectivity index is 2.29. The highest BCUT2D eigenvalue weighted by atomic mass is 19.2. The molecule has 3 nitrogen and oxygen atoms in total. The van der Waals surface area contributed by atoms with Gasteiger partial charge in [0, 0.05) is 0 Å². The van der Waals surface area contributed by atoms with Gasteiger partial charge in [-0.15, -0.1) is 0 Å². The van der Waals surface area contributed by atoms with E-state index in [0.717, 1.165) is 19.3 Å². The van der Waals surface area contributed by atoms with Gasteiger partial charge in [0.05, 0.1) is 5.56 Å². The number of benzene rings is 1. The zero-order valence-electron chi connectivity index (χ0n) is 20.0. The molecule has 1 unspecified atom stereocenters. The molecule has 5 heteroatoms. The van der Waals surface area contributed by atoms with Crippen LogP contribution >= 0.6 is 0 Å². The van der Waals surface area contributed by atoms with Gasteiger partial charge in [-0.05, 0) is 48.9 Å². The molecule has 0 saturated heterocycles. The lowest BCUT2D eigenvalue weighted by Crippen LogP contribution is -2.11. The predicted octanol–water partition coefficient (Wildman–Crippen LogP) is 8.35. The monoisotopic (exact) mass is 454 g/mol. The topological polar surface area (TPSA) is 57.5 Å². The third kappa shape index (κ3) is 11.8. The molecule has 0 aliphatic heterocycles. The van der Waals surface area contributed by atoms with E-state index in [4.69, 9.17) is 0 Å². The Morgan fingerprint density at radius 3 is 1.78 bits per heavy atom. The van der Waals surface area contributed by atoms with E-state index in [9.17, 15) is 23.8 Å². The Labute approximate surface area is 193 Å². The van der Waals surface area contributed by atoms with E-state index >= 15 is 0 Å². The van der Waals surface area contributed by atoms with Crippen LogP contribution in [0.15, 0.2) is 12.1 Å². The average molecular weight is 455 g/mol. The van der Waals surface area contributed by atoms with Gasteiger partial charge in [-0.1, -0.05) is 90.4 Å². The quantitative estimate of drug-likeness (QED) is 0.195. The van der Waals surface area contributed by atoms with Crippen molar-refractivity contribution in [1.82, 2.24) is 0 Å². The summed E-state index contributed by atoms with van der Waals surface area (Å²) in [6.07, 6.45) is 16.6. The first-order valence-corrected chi connectivity index (χ1v) is 12.8. The molecule has 1 aromatic carbocycles. The largest absolute Gasteiger partial charge is 0.508 e. The predicted molar refractivity (Wildman–Crippen MR) is 128 cm³/mol. The van der Waals surface area contributed by atoms with Gasteiger partial charge in [-0.3, -0.25) is 0 Å². The molecular weight excluding hydrogens is 410 g/mol. The summed E-state index contributed by atoms with van der Waals surface area (Å²) in [5.41, 5.74) is 1.10. The van der Waals surface area contributed by atoms with E-state index < -0.39 is 18.8 Å². The lowest BCUT2D eigenvalue weighted by Gasteiger charge is -2.15. The summed E-state index contributed by atoms with van der Waals surface area (Å²) in [6, 6.07) is 2.75. The molecule has 0 radical (unpaired) electrons. The summed E-state index contributed by atoms with van der Waals surface area (Å²) in [5, 5.41) is 19.7. The maximum atomic E-state index is 13.4. The molecule has 0 spiro atoms. The maximum absolute atomic E-state index is 13.4. The number of aromatic carboxylic acids is 1. The first kappa shape index (κ1) is 28.4. The van der Waals surface area contributed by atoms with Crippen LogP contribution in [-0.2, 0) is 12.8 Å². The van der Waals surface area contributed by atoms with Crippen LogP contribution in [0.3, 0.4) is 0 Å². The van der Waals surface area contributed by atoms with Crippen molar-refractivity contribution in [2.45, 2.75) is 122 Å². The van der Waals surface area contributed by atoms with Crippen molar-refractivity contribution in [3.63, 3.8) is 0 Å². The number of carbonyl (C=O) groups is 1. The molecule has 1 atom stereocenters. The van der Waals surface area contributed by atoms with Crippen LogP contribution in [0.5, 0.6) is 5.75 Å². The number of alkyl halides is 2. The Morgan fingerprint density at radius 2 is 1.31 bits per heavy atom. The second-order valence-electron chi connectivity index (χ2n) is 9.03. The molecule has 32 heavy (non-hydrogen) atoms. The number of phenolic OH excluding ortho intramolecular Hbond substituents is 1. The first-order valence-electron chi connectivity index (χ1n) is 12.8. The second kappa shape index (κ2) is 17.9. The van der Waals surface area contributed by atoms with Crippen LogP contribution in [-0.4, -0.2) is 29.0 Å². The first-order chi connectivity index (χ1) is 15.5. The molecule has 0 bridgehead atoms. The van der Waals surface area contributed by atoms with Crippen molar-refractivity contribution in [2.24, 2.45) is 0 Å². The van der Waals surface area contributed by atoms with Crippen LogP contribution < -0.4 is 0 Å². The Bertz CT molecular complexity index is 634. The molecule has 1 rings (SSSR count). The SMILES string of the molecule is CCCCCCCCCCCCCCCCc1c(O)ccc(C(=O)O)c1CCC(F)CF. The van der Waals surface area contributed by atoms with Crippen LogP contribution in [0, 0.1) is 0 Å². The number of carboxylic acid groups (broad SMARTS) is 1. The highest BCUT2D eigenvalue weighted by Gasteiger charge is 2.19. The number of hydrogen-bond donors (Lipinski definition) is 2. The zero-order valence-corrected chi connectivity index (χ0v) is 20.0. The molecule has 0 fully saturated rings. The number of hydrogen-bond acceptors (Lipinski definition) is 2. The normalized spacial score (nSPS) is 12.2. The van der Waals surface area contributed by atoms with E-state index in [1.165, 1.54) is 82.8 Å². The number of aromatic hydroxyl groups is 1. The summed E-state index contributed by atoms with van der Waals surface area (Å²) in [7, 11) is 0. The van der Waals surface area contributed by atoms with Gasteiger partial charge in [0.15, 0.2) is 0 Å². The third-order valence-electron chi connectivity index (χ3n) is 6.29. The highest BCUT2D eigenvalue weighted by molar-refractivity contribution is 5.90. The lowest BCUT2D eigenvalue weighted by molar-refractivity contribution is 0.0695. The molecule has 184 valence electrons. The van der Waals surface area contributed by atoms with Crippen LogP contribution in [0.4, 0.5) is 8.78 Å². The van der Waals surface area contributed by atoms with E-state index in [2.05, 4.69) is 6.92 Å². The minimum absolute atomic E-state index is 0.0513. The molecule has 1 aromatic rings. The fraction of sp³-hybridized carbons (Fsp3) is 0.741. The van der Waals surface area contributed by atoms with Gasteiger partial charge in [0.1, 0.15) is 18.6 Å². The third-order valence-corrected chi connectivity index (χ3v) is 6.29. The van der Waals surface area contributed by atoms with E-state index in [-0.39, 0.29) is 24.2 Å². The van der Waals surface area contributed by atoms with Gasteiger partial charge in [0.2, 0.25) is 0 Å². The van der Waals surface area contributed by atoms with E-state index in [1.54, 1.807) is 0 Å². The Morgan fingerprint density at radius 1 is 0.812 bits per heavy atom. The molecule has 0 aliphatic rings. The van der Waals surface area contributed by atoms with Crippen molar-refractivity contribution >= 4 is 5.97 Å². The fourth-order valence-corrected chi connectivity index (χ4v) is 4.32. The van der Waals surface area contributed by atoms with Crippen LogP contribution in [0.2, 0.25) is 0 Å². The number of unbranched alkanes of at least 4 members (excludes halogenated alkanes) is 13. The molecule has 0 aliphatic carbocycles. The van der Waals surface area contributed by atoms with Crippen molar-refractivity contribution in [1.29, 1.82) is 0 Å². The van der Waals surface area contributed by atoms with Gasteiger partial charge in [-0.25, -0.2) is 13.6 Å². The van der Waals surface area contributed by atoms with E-state index in [0.29, 0.717) is 17.5 Å². The summed E-state index contributed by atoms with van der Waals surface area (Å²) >= 11 is 0. The maximum Gasteiger partial charge on any atom is 0.335 e. The van der Waals surface area contributed by atoms with Crippen molar-refractivity contribution in [3.05, 3.63) is 28.8 Å². The van der Waals surface area contributed by atoms with Gasteiger partial charge < -0.3 is 10.2 Å². The van der Waals surface area contributed by atoms with Crippen molar-refractivity contribution in [3.8, 4) is 5.75 Å². The molecule has 0 saturated carbocycles. The average Bonchev–Trinajstić information content (AvgIpc) is 2.78. The molecular formula is C27H44F2O3. The van der Waals surface area contributed by atoms with Crippen LogP contribution in [0.25, 0.3) is 0 Å². The second-order valence-corrected chi connectivity index (χ2v) is 9.03. The molecule has 2 N–H and O–H groups in total. The van der Waals surface area contributed by atoms with Crippen LogP contribution in [0.1, 0.15) is 125 Å². The Hall–Kier alpha value is -1.65. The number of phenols is 1. The standard InChI is InChI=1S/C27H44F2O3/c1-2-3-4-5-6-7-8-9-10-11-12-13-14-15-16-24-23(18-17-22(29)21-28)25(27(31)32)19-20-26(24)30/h19-20,22,30H,2-18,21H2,1H3,(H,31,32). The summed E-state index contributed by atoms with van der Waals surface area (Å²) < 4.78 is 25.9. The lowest BCUT2D eigenvalue weighted by atomic mass is 9.91. The summed E-state index contributed by atoms with van der Waals surface area (Å²) in [4.78, 5) is 11.6. The molecule has 0 amide bonds. The van der Waals surface area contributed by atoms with Gasteiger partial charge >= 0.3 is 5.97 Å². The zero-order chi connectivity index (χ0) is 23.6. The van der Waals surface area contributed by atoms with Crippen molar-refractivity contribution in [2.75, 3.05) is 6.67 Å². The number of rotatable bonds is 20.